The largest absolute Gasteiger partial charge is 0.475 e. The minimum Gasteiger partial charge on any atom is -0.384 e. The lowest BCUT2D eigenvalue weighted by Gasteiger charge is -2.30. The third-order valence-electron chi connectivity index (χ3n) is 5.07. The average Bonchev–Trinajstić information content (AvgIpc) is 2.97. The Bertz CT molecular complexity index is 1150. The molecule has 0 radical (unpaired) electrons. The lowest BCUT2D eigenvalue weighted by Crippen LogP contribution is -2.42. The predicted molar refractivity (Wildman–Crippen MR) is 112 cm³/mol. The smallest absolute Gasteiger partial charge is 0.384 e. The first-order valence-corrected chi connectivity index (χ1v) is 11.8. The summed E-state index contributed by atoms with van der Waals surface area (Å²) in [5.41, 5.74) is 4.73. The van der Waals surface area contributed by atoms with Crippen LogP contribution in [0.15, 0.2) is 35.3 Å². The second kappa shape index (κ2) is 9.20. The van der Waals surface area contributed by atoms with Gasteiger partial charge in [-0.15, -0.1) is 0 Å². The van der Waals surface area contributed by atoms with Gasteiger partial charge in [0.2, 0.25) is 6.23 Å². The maximum absolute atomic E-state index is 14.6. The van der Waals surface area contributed by atoms with E-state index in [0.717, 1.165) is 12.3 Å². The van der Waals surface area contributed by atoms with Gasteiger partial charge in [0.1, 0.15) is 11.9 Å². The van der Waals surface area contributed by atoms with Crippen LogP contribution >= 0.6 is 31.0 Å². The molecule has 2 fully saturated rings. The Morgan fingerprint density at radius 1 is 1.36 bits per heavy atom. The van der Waals surface area contributed by atoms with Gasteiger partial charge in [0.05, 0.1) is 19.3 Å². The second-order valence-corrected chi connectivity index (χ2v) is 9.78. The Hall–Kier alpha value is -1.63. The molecule has 1 aromatic heterocycles. The molecule has 0 unspecified atom stereocenters. The summed E-state index contributed by atoms with van der Waals surface area (Å²) in [5.74, 6) is -4.06. The zero-order valence-corrected chi connectivity index (χ0v) is 19.1. The van der Waals surface area contributed by atoms with Crippen molar-refractivity contribution < 1.29 is 36.8 Å². The summed E-state index contributed by atoms with van der Waals surface area (Å²) in [7, 11) is -4.23. The molecular formula is C18H18Cl2F2N3O7P. The number of phosphoric ester groups is 1. The van der Waals surface area contributed by atoms with Gasteiger partial charge in [-0.25, -0.2) is 9.36 Å². The molecule has 180 valence electrons. The maximum atomic E-state index is 14.6. The van der Waals surface area contributed by atoms with Gasteiger partial charge in [0.15, 0.2) is 6.10 Å². The molecule has 2 saturated heterocycles. The predicted octanol–water partition coefficient (Wildman–Crippen LogP) is 3.33. The van der Waals surface area contributed by atoms with Gasteiger partial charge >= 0.3 is 19.4 Å². The maximum Gasteiger partial charge on any atom is 0.475 e. The van der Waals surface area contributed by atoms with Crippen molar-refractivity contribution >= 4 is 36.8 Å². The molecule has 0 spiro atoms. The molecule has 15 heteroatoms. The summed E-state index contributed by atoms with van der Waals surface area (Å²) < 4.78 is 63.6. The highest BCUT2D eigenvalue weighted by molar-refractivity contribution is 7.48. The van der Waals surface area contributed by atoms with E-state index in [9.17, 15) is 23.2 Å². The minimum absolute atomic E-state index is 0.0376. The third kappa shape index (κ3) is 4.94. The third-order valence-corrected chi connectivity index (χ3v) is 7.13. The summed E-state index contributed by atoms with van der Waals surface area (Å²) in [6.45, 7) is -0.818. The number of nitrogen functional groups attached to an aromatic ring is 1. The number of phosphoric acid groups is 1. The molecule has 0 aliphatic carbocycles. The number of hydrogen-bond acceptors (Lipinski definition) is 9. The standard InChI is InChI=1S/C18H18Cl2F2N3O7P/c19-9-1-2-11(20)10(7-9)12-4-6-29-33(28,32-12)30-8-13-15(26)18(21,22)16(31-13)25-5-3-14(23)24-17(25)27/h1-3,5,7,12-13,15-16,26H,4,6,8H2,(H2,23,24,27)/t12-,13-,15-,16-,33+/m1/s1. The van der Waals surface area contributed by atoms with Crippen LogP contribution in [-0.4, -0.2) is 46.0 Å². The number of hydrogen-bond donors (Lipinski definition) is 2. The molecule has 4 rings (SSSR count). The van der Waals surface area contributed by atoms with Crippen LogP contribution in [0.5, 0.6) is 0 Å². The Balaban J connectivity index is 1.47. The van der Waals surface area contributed by atoms with Crippen molar-refractivity contribution in [1.82, 2.24) is 9.55 Å². The number of rotatable bonds is 5. The van der Waals surface area contributed by atoms with Crippen LogP contribution < -0.4 is 11.4 Å². The number of benzene rings is 1. The van der Waals surface area contributed by atoms with Crippen LogP contribution in [0.3, 0.4) is 0 Å². The Kier molecular flexibility index (Phi) is 6.83. The molecule has 1 aromatic carbocycles. The summed E-state index contributed by atoms with van der Waals surface area (Å²) >= 11 is 12.1. The molecule has 0 amide bonds. The van der Waals surface area contributed by atoms with Crippen molar-refractivity contribution in [2.24, 2.45) is 0 Å². The normalized spacial score (nSPS) is 31.5. The van der Waals surface area contributed by atoms with Crippen molar-refractivity contribution in [2.45, 2.75) is 36.9 Å². The van der Waals surface area contributed by atoms with Crippen molar-refractivity contribution in [3.63, 3.8) is 0 Å². The molecule has 2 aliphatic rings. The number of nitrogens with zero attached hydrogens (tertiary/aromatic N) is 2. The van der Waals surface area contributed by atoms with E-state index in [1.54, 1.807) is 12.1 Å². The van der Waals surface area contributed by atoms with Crippen LogP contribution in [0.25, 0.3) is 0 Å². The molecule has 2 aliphatic heterocycles. The molecule has 0 bridgehead atoms. The van der Waals surface area contributed by atoms with E-state index in [0.29, 0.717) is 20.2 Å². The summed E-state index contributed by atoms with van der Waals surface area (Å²) in [4.78, 5) is 15.3. The van der Waals surface area contributed by atoms with E-state index in [4.69, 9.17) is 47.2 Å². The average molecular weight is 528 g/mol. The minimum atomic E-state index is -4.23. The number of nitrogens with two attached hydrogens (primary N) is 1. The van der Waals surface area contributed by atoms with E-state index in [1.165, 1.54) is 6.07 Å². The molecule has 33 heavy (non-hydrogen) atoms. The monoisotopic (exact) mass is 527 g/mol. The Morgan fingerprint density at radius 2 is 2.12 bits per heavy atom. The van der Waals surface area contributed by atoms with Crippen molar-refractivity contribution in [3.8, 4) is 0 Å². The molecular weight excluding hydrogens is 510 g/mol. The molecule has 5 atom stereocenters. The number of aliphatic hydroxyl groups is 1. The quantitative estimate of drug-likeness (QED) is 0.561. The fourth-order valence-electron chi connectivity index (χ4n) is 3.43. The molecule has 3 N–H and O–H groups in total. The van der Waals surface area contributed by atoms with Gasteiger partial charge in [-0.2, -0.15) is 13.8 Å². The van der Waals surface area contributed by atoms with Crippen molar-refractivity contribution in [1.29, 1.82) is 0 Å². The first-order valence-electron chi connectivity index (χ1n) is 9.58. The fraction of sp³-hybridized carbons (Fsp3) is 0.444. The molecule has 3 heterocycles. The first kappa shape index (κ1) is 24.5. The van der Waals surface area contributed by atoms with Crippen LogP contribution in [0.1, 0.15) is 24.3 Å². The topological polar surface area (TPSA) is 135 Å². The van der Waals surface area contributed by atoms with E-state index in [1.807, 2.05) is 0 Å². The van der Waals surface area contributed by atoms with E-state index in [-0.39, 0.29) is 18.8 Å². The highest BCUT2D eigenvalue weighted by Crippen LogP contribution is 2.58. The van der Waals surface area contributed by atoms with Gasteiger partial charge in [-0.3, -0.25) is 18.1 Å². The Labute approximate surface area is 195 Å². The highest BCUT2D eigenvalue weighted by Gasteiger charge is 2.60. The Morgan fingerprint density at radius 3 is 2.85 bits per heavy atom. The lowest BCUT2D eigenvalue weighted by atomic mass is 10.1. The van der Waals surface area contributed by atoms with Gasteiger partial charge in [-0.1, -0.05) is 23.2 Å². The number of alkyl halides is 2. The number of halogens is 4. The van der Waals surface area contributed by atoms with Crippen LogP contribution in [-0.2, 0) is 22.9 Å². The van der Waals surface area contributed by atoms with E-state index >= 15 is 0 Å². The van der Waals surface area contributed by atoms with Crippen LogP contribution in [0, 0.1) is 0 Å². The van der Waals surface area contributed by atoms with Gasteiger partial charge in [0, 0.05) is 28.2 Å². The first-order chi connectivity index (χ1) is 15.5. The van der Waals surface area contributed by atoms with Crippen LogP contribution in [0.2, 0.25) is 10.0 Å². The second-order valence-electron chi connectivity index (χ2n) is 7.31. The SMILES string of the molecule is Nc1ccn([C@@H]2O[C@H](CO[P@]3(=O)OCC[C@H](c4cc(Cl)ccc4Cl)O3)[C@@H](O)C2(F)F)c(=O)n1. The molecule has 2 aromatic rings. The van der Waals surface area contributed by atoms with E-state index in [2.05, 4.69) is 4.98 Å². The van der Waals surface area contributed by atoms with Gasteiger partial charge in [0.25, 0.3) is 0 Å². The summed E-state index contributed by atoms with van der Waals surface area (Å²) in [6, 6.07) is 5.78. The molecule has 10 nitrogen and oxygen atoms in total. The van der Waals surface area contributed by atoms with Crippen molar-refractivity contribution in [2.75, 3.05) is 18.9 Å². The highest BCUT2D eigenvalue weighted by atomic mass is 35.5. The number of aliphatic hydroxyl groups excluding tert-OH is 1. The lowest BCUT2D eigenvalue weighted by molar-refractivity contribution is -0.140. The zero-order valence-electron chi connectivity index (χ0n) is 16.6. The fourth-order valence-corrected chi connectivity index (χ4v) is 5.23. The van der Waals surface area contributed by atoms with Crippen LogP contribution in [0.4, 0.5) is 14.6 Å². The summed E-state index contributed by atoms with van der Waals surface area (Å²) in [6.07, 6.45) is -5.78. The number of anilines is 1. The van der Waals surface area contributed by atoms with Crippen molar-refractivity contribution in [3.05, 3.63) is 56.6 Å². The number of ether oxygens (including phenoxy) is 1. The zero-order chi connectivity index (χ0) is 24.0. The number of aromatic nitrogens is 2. The van der Waals surface area contributed by atoms with E-state index < -0.39 is 50.6 Å². The molecule has 0 saturated carbocycles. The van der Waals surface area contributed by atoms with Gasteiger partial charge in [-0.05, 0) is 24.3 Å². The van der Waals surface area contributed by atoms with Gasteiger partial charge < -0.3 is 15.6 Å². The summed E-state index contributed by atoms with van der Waals surface area (Å²) in [5, 5.41) is 10.8.